The van der Waals surface area contributed by atoms with E-state index in [1.807, 2.05) is 12.1 Å². The summed E-state index contributed by atoms with van der Waals surface area (Å²) in [6.45, 7) is 3.50. The van der Waals surface area contributed by atoms with E-state index in [0.717, 1.165) is 12.0 Å². The molecule has 4 heteroatoms. The largest absolute Gasteiger partial charge is 0.493 e. The van der Waals surface area contributed by atoms with Gasteiger partial charge in [0.25, 0.3) is 5.91 Å². The van der Waals surface area contributed by atoms with E-state index in [2.05, 4.69) is 6.58 Å². The average Bonchev–Trinajstić information content (AvgIpc) is 2.27. The summed E-state index contributed by atoms with van der Waals surface area (Å²) >= 11 is 0. The van der Waals surface area contributed by atoms with Gasteiger partial charge in [0.2, 0.25) is 0 Å². The standard InChI is InChI=1S/C12H15NO3/c1-3-4-9-5-6-10(11(7-9)15-2)16-8-12(13)14/h3,5-7H,1,4,8H2,2H3,(H2,13,14). The van der Waals surface area contributed by atoms with Gasteiger partial charge in [0.15, 0.2) is 18.1 Å². The summed E-state index contributed by atoms with van der Waals surface area (Å²) in [7, 11) is 1.55. The maximum absolute atomic E-state index is 10.6. The van der Waals surface area contributed by atoms with Crippen LogP contribution in [-0.2, 0) is 11.2 Å². The third kappa shape index (κ3) is 3.31. The number of amides is 1. The number of benzene rings is 1. The van der Waals surface area contributed by atoms with Crippen molar-refractivity contribution in [3.8, 4) is 11.5 Å². The molecule has 1 rings (SSSR count). The van der Waals surface area contributed by atoms with Gasteiger partial charge in [0, 0.05) is 0 Å². The van der Waals surface area contributed by atoms with E-state index in [0.29, 0.717) is 11.5 Å². The van der Waals surface area contributed by atoms with Crippen LogP contribution in [0, 0.1) is 0 Å². The second-order valence-corrected chi connectivity index (χ2v) is 3.23. The number of methoxy groups -OCH3 is 1. The Morgan fingerprint density at radius 2 is 2.25 bits per heavy atom. The van der Waals surface area contributed by atoms with E-state index in [1.165, 1.54) is 0 Å². The van der Waals surface area contributed by atoms with Gasteiger partial charge in [-0.1, -0.05) is 12.1 Å². The number of carbonyl (C=O) groups excluding carboxylic acids is 1. The zero-order valence-electron chi connectivity index (χ0n) is 9.23. The molecule has 0 atom stereocenters. The van der Waals surface area contributed by atoms with Crippen molar-refractivity contribution < 1.29 is 14.3 Å². The van der Waals surface area contributed by atoms with Gasteiger partial charge in [-0.3, -0.25) is 4.79 Å². The third-order valence-corrected chi connectivity index (χ3v) is 1.98. The van der Waals surface area contributed by atoms with Crippen LogP contribution < -0.4 is 15.2 Å². The van der Waals surface area contributed by atoms with Crippen LogP contribution in [-0.4, -0.2) is 19.6 Å². The highest BCUT2D eigenvalue weighted by molar-refractivity contribution is 5.75. The molecule has 0 aliphatic rings. The Kier molecular flexibility index (Phi) is 4.39. The highest BCUT2D eigenvalue weighted by Gasteiger charge is 2.06. The van der Waals surface area contributed by atoms with E-state index in [9.17, 15) is 4.79 Å². The summed E-state index contributed by atoms with van der Waals surface area (Å²) in [5.74, 6) is 0.576. The van der Waals surface area contributed by atoms with Crippen LogP contribution in [0.1, 0.15) is 5.56 Å². The summed E-state index contributed by atoms with van der Waals surface area (Å²) in [5, 5.41) is 0. The Morgan fingerprint density at radius 3 is 2.81 bits per heavy atom. The van der Waals surface area contributed by atoms with Crippen LogP contribution in [0.15, 0.2) is 30.9 Å². The molecule has 0 fully saturated rings. The van der Waals surface area contributed by atoms with E-state index in [1.54, 1.807) is 19.3 Å². The van der Waals surface area contributed by atoms with Crippen LogP contribution in [0.5, 0.6) is 11.5 Å². The Hall–Kier alpha value is -1.97. The third-order valence-electron chi connectivity index (χ3n) is 1.98. The van der Waals surface area contributed by atoms with Crippen LogP contribution in [0.4, 0.5) is 0 Å². The highest BCUT2D eigenvalue weighted by Crippen LogP contribution is 2.28. The van der Waals surface area contributed by atoms with Crippen molar-refractivity contribution in [2.75, 3.05) is 13.7 Å². The lowest BCUT2D eigenvalue weighted by atomic mass is 10.1. The van der Waals surface area contributed by atoms with Gasteiger partial charge in [0.05, 0.1) is 7.11 Å². The molecule has 4 nitrogen and oxygen atoms in total. The molecule has 1 aromatic rings. The van der Waals surface area contributed by atoms with Crippen molar-refractivity contribution in [1.82, 2.24) is 0 Å². The molecule has 0 spiro atoms. The van der Waals surface area contributed by atoms with Crippen molar-refractivity contribution in [2.24, 2.45) is 5.73 Å². The van der Waals surface area contributed by atoms with Gasteiger partial charge in [-0.25, -0.2) is 0 Å². The maximum Gasteiger partial charge on any atom is 0.255 e. The van der Waals surface area contributed by atoms with Crippen LogP contribution in [0.25, 0.3) is 0 Å². The summed E-state index contributed by atoms with van der Waals surface area (Å²) in [6, 6.07) is 5.49. The molecule has 0 radical (unpaired) electrons. The molecular formula is C12H15NO3. The average molecular weight is 221 g/mol. The minimum Gasteiger partial charge on any atom is -0.493 e. The molecule has 2 N–H and O–H groups in total. The fourth-order valence-corrected chi connectivity index (χ4v) is 1.27. The molecule has 0 aliphatic heterocycles. The van der Waals surface area contributed by atoms with E-state index >= 15 is 0 Å². The lowest BCUT2D eigenvalue weighted by Crippen LogP contribution is -2.20. The van der Waals surface area contributed by atoms with Crippen LogP contribution >= 0.6 is 0 Å². The predicted octanol–water partition coefficient (Wildman–Crippen LogP) is 1.29. The van der Waals surface area contributed by atoms with Gasteiger partial charge in [-0.2, -0.15) is 0 Å². The molecule has 86 valence electrons. The zero-order valence-corrected chi connectivity index (χ0v) is 9.23. The van der Waals surface area contributed by atoms with Crippen molar-refractivity contribution in [3.05, 3.63) is 36.4 Å². The van der Waals surface area contributed by atoms with Crippen molar-refractivity contribution in [3.63, 3.8) is 0 Å². The Bertz CT molecular complexity index is 388. The summed E-state index contributed by atoms with van der Waals surface area (Å²) in [5.41, 5.74) is 6.06. The van der Waals surface area contributed by atoms with Gasteiger partial charge in [-0.05, 0) is 24.1 Å². The SMILES string of the molecule is C=CCc1ccc(OCC(N)=O)c(OC)c1. The van der Waals surface area contributed by atoms with Crippen molar-refractivity contribution in [2.45, 2.75) is 6.42 Å². The Labute approximate surface area is 94.7 Å². The Balaban J connectivity index is 2.83. The molecule has 0 saturated carbocycles. The lowest BCUT2D eigenvalue weighted by Gasteiger charge is -2.10. The van der Waals surface area contributed by atoms with Gasteiger partial charge < -0.3 is 15.2 Å². The summed E-state index contributed by atoms with van der Waals surface area (Å²) in [6.07, 6.45) is 2.56. The monoisotopic (exact) mass is 221 g/mol. The van der Waals surface area contributed by atoms with E-state index < -0.39 is 5.91 Å². The number of nitrogens with two attached hydrogens (primary N) is 1. The first-order chi connectivity index (χ1) is 7.67. The van der Waals surface area contributed by atoms with E-state index in [-0.39, 0.29) is 6.61 Å². The van der Waals surface area contributed by atoms with Gasteiger partial charge >= 0.3 is 0 Å². The molecule has 0 bridgehead atoms. The number of hydrogen-bond donors (Lipinski definition) is 1. The number of carbonyl (C=O) groups is 1. The Morgan fingerprint density at radius 1 is 1.50 bits per heavy atom. The molecule has 0 heterocycles. The lowest BCUT2D eigenvalue weighted by molar-refractivity contribution is -0.119. The molecule has 0 aromatic heterocycles. The fourth-order valence-electron chi connectivity index (χ4n) is 1.27. The second kappa shape index (κ2) is 5.80. The number of hydrogen-bond acceptors (Lipinski definition) is 3. The van der Waals surface area contributed by atoms with Gasteiger partial charge in [0.1, 0.15) is 0 Å². The quantitative estimate of drug-likeness (QED) is 0.736. The number of primary amides is 1. The summed E-state index contributed by atoms with van der Waals surface area (Å²) < 4.78 is 10.4. The molecule has 1 amide bonds. The molecule has 16 heavy (non-hydrogen) atoms. The van der Waals surface area contributed by atoms with Crippen LogP contribution in [0.3, 0.4) is 0 Å². The zero-order chi connectivity index (χ0) is 12.0. The molecule has 0 saturated heterocycles. The summed E-state index contributed by atoms with van der Waals surface area (Å²) in [4.78, 5) is 10.6. The maximum atomic E-state index is 10.6. The molecule has 0 unspecified atom stereocenters. The highest BCUT2D eigenvalue weighted by atomic mass is 16.5. The predicted molar refractivity (Wildman–Crippen MR) is 61.6 cm³/mol. The first-order valence-corrected chi connectivity index (χ1v) is 4.86. The van der Waals surface area contributed by atoms with Gasteiger partial charge in [-0.15, -0.1) is 6.58 Å². The van der Waals surface area contributed by atoms with E-state index in [4.69, 9.17) is 15.2 Å². The minimum atomic E-state index is -0.516. The number of rotatable bonds is 6. The molecular weight excluding hydrogens is 206 g/mol. The topological polar surface area (TPSA) is 61.5 Å². The van der Waals surface area contributed by atoms with Crippen molar-refractivity contribution >= 4 is 5.91 Å². The first-order valence-electron chi connectivity index (χ1n) is 4.86. The minimum absolute atomic E-state index is 0.156. The first kappa shape index (κ1) is 12.1. The normalized spacial score (nSPS) is 9.56. The molecule has 1 aromatic carbocycles. The van der Waals surface area contributed by atoms with Crippen molar-refractivity contribution in [1.29, 1.82) is 0 Å². The number of allylic oxidation sites excluding steroid dienone is 1. The van der Waals surface area contributed by atoms with Crippen LogP contribution in [0.2, 0.25) is 0 Å². The smallest absolute Gasteiger partial charge is 0.255 e. The number of ether oxygens (including phenoxy) is 2. The molecule has 0 aliphatic carbocycles. The second-order valence-electron chi connectivity index (χ2n) is 3.23. The fraction of sp³-hybridized carbons (Fsp3) is 0.250.